The van der Waals surface area contributed by atoms with Crippen LogP contribution < -0.4 is 0 Å². The zero-order valence-corrected chi connectivity index (χ0v) is 11.7. The van der Waals surface area contributed by atoms with Gasteiger partial charge in [-0.3, -0.25) is 4.79 Å². The topological polar surface area (TPSA) is 20.3 Å². The van der Waals surface area contributed by atoms with Crippen molar-refractivity contribution in [3.63, 3.8) is 0 Å². The third-order valence-corrected chi connectivity index (χ3v) is 5.16. The van der Waals surface area contributed by atoms with Gasteiger partial charge in [-0.15, -0.1) is 23.1 Å². The van der Waals surface area contributed by atoms with E-state index in [0.717, 1.165) is 22.7 Å². The van der Waals surface area contributed by atoms with Crippen LogP contribution in [0.25, 0.3) is 0 Å². The largest absolute Gasteiger partial charge is 0.321 e. The first kappa shape index (κ1) is 12.7. The molecule has 2 nitrogen and oxygen atoms in total. The standard InChI is InChI=1S/C14H12FNOS2/c15-11-5-3-10(4-6-11)14-16(7-9-19-14)13(17)12-2-1-8-18-12/h1-6,8,14H,7,9H2/t14-/m1/s1. The lowest BCUT2D eigenvalue weighted by atomic mass is 10.2. The number of nitrogens with zero attached hydrogens (tertiary/aromatic N) is 1. The third kappa shape index (κ3) is 2.53. The van der Waals surface area contributed by atoms with Crippen LogP contribution in [-0.4, -0.2) is 23.1 Å². The Hall–Kier alpha value is -1.33. The number of halogens is 1. The van der Waals surface area contributed by atoms with Gasteiger partial charge in [0.2, 0.25) is 0 Å². The molecule has 0 spiro atoms. The summed E-state index contributed by atoms with van der Waals surface area (Å²) in [6, 6.07) is 10.1. The molecule has 0 unspecified atom stereocenters. The molecule has 1 aromatic carbocycles. The van der Waals surface area contributed by atoms with Gasteiger partial charge in [0.15, 0.2) is 0 Å². The molecule has 2 heterocycles. The second-order valence-electron chi connectivity index (χ2n) is 4.25. The fourth-order valence-corrected chi connectivity index (χ4v) is 4.06. The first-order valence-electron chi connectivity index (χ1n) is 5.97. The van der Waals surface area contributed by atoms with Crippen molar-refractivity contribution in [2.75, 3.05) is 12.3 Å². The van der Waals surface area contributed by atoms with Gasteiger partial charge in [0.1, 0.15) is 11.2 Å². The van der Waals surface area contributed by atoms with Gasteiger partial charge in [0.25, 0.3) is 5.91 Å². The van der Waals surface area contributed by atoms with Crippen molar-refractivity contribution < 1.29 is 9.18 Å². The smallest absolute Gasteiger partial charge is 0.265 e. The highest BCUT2D eigenvalue weighted by molar-refractivity contribution is 7.99. The maximum Gasteiger partial charge on any atom is 0.265 e. The Morgan fingerprint density at radius 2 is 2.05 bits per heavy atom. The number of rotatable bonds is 2. The van der Waals surface area contributed by atoms with Crippen LogP contribution >= 0.6 is 23.1 Å². The van der Waals surface area contributed by atoms with Crippen molar-refractivity contribution >= 4 is 29.0 Å². The Morgan fingerprint density at radius 3 is 2.74 bits per heavy atom. The molecule has 0 radical (unpaired) electrons. The lowest BCUT2D eigenvalue weighted by Crippen LogP contribution is -2.29. The number of hydrogen-bond acceptors (Lipinski definition) is 3. The van der Waals surface area contributed by atoms with E-state index in [4.69, 9.17) is 0 Å². The molecule has 1 aliphatic heterocycles. The molecule has 98 valence electrons. The van der Waals surface area contributed by atoms with Crippen LogP contribution in [0, 0.1) is 5.82 Å². The highest BCUT2D eigenvalue weighted by Gasteiger charge is 2.31. The predicted octanol–water partition coefficient (Wildman–Crippen LogP) is 3.78. The molecular formula is C14H12FNOS2. The number of thiophene rings is 1. The fraction of sp³-hybridized carbons (Fsp3) is 0.214. The summed E-state index contributed by atoms with van der Waals surface area (Å²) in [7, 11) is 0. The minimum absolute atomic E-state index is 0.00444. The minimum Gasteiger partial charge on any atom is -0.321 e. The summed E-state index contributed by atoms with van der Waals surface area (Å²) < 4.78 is 13.0. The van der Waals surface area contributed by atoms with E-state index in [2.05, 4.69) is 0 Å². The Morgan fingerprint density at radius 1 is 1.26 bits per heavy atom. The van der Waals surface area contributed by atoms with Gasteiger partial charge < -0.3 is 4.90 Å². The van der Waals surface area contributed by atoms with Crippen molar-refractivity contribution in [1.29, 1.82) is 0 Å². The highest BCUT2D eigenvalue weighted by Crippen LogP contribution is 2.39. The molecule has 5 heteroatoms. The van der Waals surface area contributed by atoms with Gasteiger partial charge in [0, 0.05) is 12.3 Å². The van der Waals surface area contributed by atoms with Gasteiger partial charge in [-0.2, -0.15) is 0 Å². The Balaban J connectivity index is 1.85. The first-order valence-corrected chi connectivity index (χ1v) is 7.90. The number of amides is 1. The summed E-state index contributed by atoms with van der Waals surface area (Å²) in [5.41, 5.74) is 0.980. The van der Waals surface area contributed by atoms with Gasteiger partial charge >= 0.3 is 0 Å². The van der Waals surface area contributed by atoms with Gasteiger partial charge in [0.05, 0.1) is 4.88 Å². The molecule has 1 amide bonds. The van der Waals surface area contributed by atoms with Crippen molar-refractivity contribution in [3.05, 3.63) is 58.0 Å². The first-order chi connectivity index (χ1) is 9.25. The molecule has 1 saturated heterocycles. The van der Waals surface area contributed by atoms with Gasteiger partial charge in [-0.1, -0.05) is 18.2 Å². The molecule has 3 rings (SSSR count). The molecule has 1 fully saturated rings. The average Bonchev–Trinajstić information content (AvgIpc) is 3.10. The summed E-state index contributed by atoms with van der Waals surface area (Å²) in [6.45, 7) is 0.740. The number of thioether (sulfide) groups is 1. The van der Waals surface area contributed by atoms with Crippen LogP contribution in [0.15, 0.2) is 41.8 Å². The molecule has 2 aromatic rings. The molecule has 0 bridgehead atoms. The molecule has 0 saturated carbocycles. The Bertz CT molecular complexity index is 568. The molecular weight excluding hydrogens is 281 g/mol. The summed E-state index contributed by atoms with van der Waals surface area (Å²) in [6.07, 6.45) is 0. The lowest BCUT2D eigenvalue weighted by Gasteiger charge is -2.23. The SMILES string of the molecule is O=C(c1cccs1)N1CCS[C@@H]1c1ccc(F)cc1. The average molecular weight is 293 g/mol. The highest BCUT2D eigenvalue weighted by atomic mass is 32.2. The van der Waals surface area contributed by atoms with E-state index in [1.54, 1.807) is 23.9 Å². The van der Waals surface area contributed by atoms with Gasteiger partial charge in [-0.05, 0) is 29.1 Å². The number of benzene rings is 1. The summed E-state index contributed by atoms with van der Waals surface area (Å²) in [5.74, 6) is 0.733. The van der Waals surface area contributed by atoms with E-state index in [1.165, 1.54) is 23.5 Å². The zero-order valence-electron chi connectivity index (χ0n) is 10.1. The minimum atomic E-state index is -0.247. The third-order valence-electron chi connectivity index (χ3n) is 3.04. The van der Waals surface area contributed by atoms with E-state index < -0.39 is 0 Å². The Labute approximate surface area is 119 Å². The van der Waals surface area contributed by atoms with Crippen molar-refractivity contribution in [1.82, 2.24) is 4.90 Å². The van der Waals surface area contributed by atoms with Crippen molar-refractivity contribution in [3.8, 4) is 0 Å². The monoisotopic (exact) mass is 293 g/mol. The molecule has 1 atom stereocenters. The quantitative estimate of drug-likeness (QED) is 0.840. The second kappa shape index (κ2) is 5.35. The molecule has 0 N–H and O–H groups in total. The predicted molar refractivity (Wildman–Crippen MR) is 77.0 cm³/mol. The van der Waals surface area contributed by atoms with E-state index in [1.807, 2.05) is 22.4 Å². The fourth-order valence-electron chi connectivity index (χ4n) is 2.12. The summed E-state index contributed by atoms with van der Waals surface area (Å²) in [4.78, 5) is 15.0. The van der Waals surface area contributed by atoms with Crippen molar-refractivity contribution in [2.45, 2.75) is 5.37 Å². The van der Waals surface area contributed by atoms with E-state index in [9.17, 15) is 9.18 Å². The van der Waals surface area contributed by atoms with Crippen LogP contribution in [0.1, 0.15) is 20.6 Å². The van der Waals surface area contributed by atoms with Crippen LogP contribution in [-0.2, 0) is 0 Å². The maximum absolute atomic E-state index is 13.0. The second-order valence-corrected chi connectivity index (χ2v) is 6.39. The normalized spacial score (nSPS) is 18.8. The Kier molecular flexibility index (Phi) is 3.57. The molecule has 0 aliphatic carbocycles. The maximum atomic E-state index is 13.0. The van der Waals surface area contributed by atoms with Crippen LogP contribution in [0.5, 0.6) is 0 Å². The van der Waals surface area contributed by atoms with Crippen LogP contribution in [0.3, 0.4) is 0 Å². The van der Waals surface area contributed by atoms with Crippen LogP contribution in [0.2, 0.25) is 0 Å². The number of carbonyl (C=O) groups is 1. The van der Waals surface area contributed by atoms with Crippen molar-refractivity contribution in [2.24, 2.45) is 0 Å². The van der Waals surface area contributed by atoms with Crippen LogP contribution in [0.4, 0.5) is 4.39 Å². The molecule has 19 heavy (non-hydrogen) atoms. The molecule has 1 aliphatic rings. The van der Waals surface area contributed by atoms with Gasteiger partial charge in [-0.25, -0.2) is 4.39 Å². The number of carbonyl (C=O) groups excluding carboxylic acids is 1. The number of hydrogen-bond donors (Lipinski definition) is 0. The zero-order chi connectivity index (χ0) is 13.2. The van der Waals surface area contributed by atoms with E-state index in [-0.39, 0.29) is 17.1 Å². The van der Waals surface area contributed by atoms with E-state index in [0.29, 0.717) is 0 Å². The van der Waals surface area contributed by atoms with E-state index >= 15 is 0 Å². The summed E-state index contributed by atoms with van der Waals surface area (Å²) in [5, 5.41) is 1.90. The lowest BCUT2D eigenvalue weighted by molar-refractivity contribution is 0.0765. The molecule has 1 aromatic heterocycles. The summed E-state index contributed by atoms with van der Waals surface area (Å²) >= 11 is 3.18.